The van der Waals surface area contributed by atoms with Crippen LogP contribution in [0.15, 0.2) is 0 Å². The van der Waals surface area contributed by atoms with Crippen LogP contribution < -0.4 is 5.32 Å². The maximum absolute atomic E-state index is 12.0. The lowest BCUT2D eigenvalue weighted by atomic mass is 9.63. The van der Waals surface area contributed by atoms with E-state index >= 15 is 0 Å². The number of alkyl carbamates (subject to hydrolysis) is 1. The summed E-state index contributed by atoms with van der Waals surface area (Å²) in [6.07, 6.45) is 0.645. The fraction of sp³-hybridized carbons (Fsp3) is 0.867. The maximum atomic E-state index is 12.0. The summed E-state index contributed by atoms with van der Waals surface area (Å²) in [6, 6.07) is 0. The molecule has 116 valence electrons. The number of carbonyl (C=O) groups excluding carboxylic acids is 1. The molecule has 0 bridgehead atoms. The van der Waals surface area contributed by atoms with Crippen LogP contribution in [0, 0.1) is 10.8 Å². The van der Waals surface area contributed by atoms with Gasteiger partial charge in [0.25, 0.3) is 0 Å². The number of nitrogens with one attached hydrogen (secondary N) is 1. The van der Waals surface area contributed by atoms with E-state index in [0.29, 0.717) is 12.8 Å². The third-order valence-electron chi connectivity index (χ3n) is 5.13. The summed E-state index contributed by atoms with van der Waals surface area (Å²) < 4.78 is 5.29. The van der Waals surface area contributed by atoms with Gasteiger partial charge < -0.3 is 15.2 Å². The molecule has 1 rings (SSSR count). The fourth-order valence-corrected chi connectivity index (χ4v) is 2.86. The van der Waals surface area contributed by atoms with Crippen LogP contribution in [-0.4, -0.2) is 28.3 Å². The van der Waals surface area contributed by atoms with Crippen LogP contribution in [-0.2, 0) is 9.53 Å². The zero-order chi connectivity index (χ0) is 16.0. The molecule has 0 aromatic heterocycles. The van der Waals surface area contributed by atoms with E-state index in [1.807, 2.05) is 20.8 Å². The molecule has 1 aliphatic rings. The Balaban J connectivity index is 2.96. The van der Waals surface area contributed by atoms with Gasteiger partial charge in [-0.3, -0.25) is 4.79 Å². The summed E-state index contributed by atoms with van der Waals surface area (Å²) in [7, 11) is 0. The predicted molar refractivity (Wildman–Crippen MR) is 76.5 cm³/mol. The highest BCUT2D eigenvalue weighted by Gasteiger charge is 2.62. The number of aliphatic carboxylic acids is 1. The third kappa shape index (κ3) is 2.63. The molecule has 2 atom stereocenters. The van der Waals surface area contributed by atoms with E-state index in [9.17, 15) is 14.7 Å². The van der Waals surface area contributed by atoms with Crippen molar-refractivity contribution >= 4 is 12.1 Å². The Hall–Kier alpha value is -1.26. The molecule has 0 radical (unpaired) electrons. The Morgan fingerprint density at radius 1 is 1.10 bits per heavy atom. The summed E-state index contributed by atoms with van der Waals surface area (Å²) in [5.41, 5.74) is -2.62. The largest absolute Gasteiger partial charge is 0.481 e. The summed E-state index contributed by atoms with van der Waals surface area (Å²) in [5.74, 6) is -0.822. The first-order chi connectivity index (χ1) is 8.75. The topological polar surface area (TPSA) is 75.6 Å². The Kier molecular flexibility index (Phi) is 3.89. The van der Waals surface area contributed by atoms with Gasteiger partial charge in [0.2, 0.25) is 0 Å². The van der Waals surface area contributed by atoms with Crippen LogP contribution in [0.2, 0.25) is 0 Å². The van der Waals surface area contributed by atoms with E-state index in [-0.39, 0.29) is 0 Å². The van der Waals surface area contributed by atoms with Gasteiger partial charge >= 0.3 is 12.1 Å². The first-order valence-corrected chi connectivity index (χ1v) is 7.00. The van der Waals surface area contributed by atoms with Crippen molar-refractivity contribution in [2.45, 2.75) is 72.4 Å². The molecule has 20 heavy (non-hydrogen) atoms. The first-order valence-electron chi connectivity index (χ1n) is 7.00. The molecule has 0 saturated heterocycles. The second kappa shape index (κ2) is 4.64. The normalized spacial score (nSPS) is 32.8. The van der Waals surface area contributed by atoms with Gasteiger partial charge in [-0.05, 0) is 47.5 Å². The maximum Gasteiger partial charge on any atom is 0.408 e. The Labute approximate surface area is 121 Å². The number of hydrogen-bond acceptors (Lipinski definition) is 3. The molecule has 5 heteroatoms. The zero-order valence-electron chi connectivity index (χ0n) is 13.6. The second-order valence-corrected chi connectivity index (χ2v) is 7.72. The van der Waals surface area contributed by atoms with Gasteiger partial charge in [0.05, 0.1) is 5.41 Å². The molecular formula is C15H27NO4. The van der Waals surface area contributed by atoms with Gasteiger partial charge in [0.15, 0.2) is 0 Å². The molecule has 0 unspecified atom stereocenters. The van der Waals surface area contributed by atoms with Gasteiger partial charge in [-0.2, -0.15) is 0 Å². The summed E-state index contributed by atoms with van der Waals surface area (Å²) in [5, 5.41) is 12.4. The lowest BCUT2D eigenvalue weighted by molar-refractivity contribution is -0.155. The molecule has 1 aliphatic carbocycles. The molecule has 0 aliphatic heterocycles. The van der Waals surface area contributed by atoms with Crippen molar-refractivity contribution in [2.75, 3.05) is 0 Å². The summed E-state index contributed by atoms with van der Waals surface area (Å²) in [4.78, 5) is 23.6. The van der Waals surface area contributed by atoms with E-state index in [4.69, 9.17) is 4.74 Å². The van der Waals surface area contributed by atoms with E-state index < -0.39 is 34.0 Å². The van der Waals surface area contributed by atoms with Crippen molar-refractivity contribution < 1.29 is 19.4 Å². The minimum atomic E-state index is -0.864. The zero-order valence-corrected chi connectivity index (χ0v) is 13.6. The average molecular weight is 285 g/mol. The molecule has 1 amide bonds. The van der Waals surface area contributed by atoms with Crippen molar-refractivity contribution in [1.82, 2.24) is 5.32 Å². The standard InChI is InChI=1S/C15H27NO4/c1-12(2,3)20-11(19)16-15(7)9-8-14(6,10(17)18)13(15,4)5/h8-9H2,1-7H3,(H,16,19)(H,17,18)/t14-,15-/m0/s1. The monoisotopic (exact) mass is 285 g/mol. The number of carboxylic acids is 1. The molecule has 2 N–H and O–H groups in total. The fourth-order valence-electron chi connectivity index (χ4n) is 2.86. The SMILES string of the molecule is CC(C)(C)OC(=O)N[C@@]1(C)CC[C@@](C)(C(=O)O)C1(C)C. The smallest absolute Gasteiger partial charge is 0.408 e. The first kappa shape index (κ1) is 16.8. The number of carboxylic acid groups (broad SMARTS) is 1. The van der Waals surface area contributed by atoms with E-state index in [2.05, 4.69) is 5.32 Å². The second-order valence-electron chi connectivity index (χ2n) is 7.72. The van der Waals surface area contributed by atoms with Crippen molar-refractivity contribution in [1.29, 1.82) is 0 Å². The van der Waals surface area contributed by atoms with Gasteiger partial charge in [0, 0.05) is 11.0 Å². The van der Waals surface area contributed by atoms with Crippen molar-refractivity contribution in [2.24, 2.45) is 10.8 Å². The van der Waals surface area contributed by atoms with Gasteiger partial charge in [-0.25, -0.2) is 4.79 Å². The van der Waals surface area contributed by atoms with Gasteiger partial charge in [0.1, 0.15) is 5.60 Å². The minimum absolute atomic E-state index is 0.497. The number of carbonyl (C=O) groups is 2. The molecule has 5 nitrogen and oxygen atoms in total. The summed E-state index contributed by atoms with van der Waals surface area (Å²) in [6.45, 7) is 12.8. The van der Waals surface area contributed by atoms with Crippen LogP contribution in [0.4, 0.5) is 4.79 Å². The van der Waals surface area contributed by atoms with Crippen LogP contribution in [0.1, 0.15) is 61.3 Å². The lowest BCUT2D eigenvalue weighted by Crippen LogP contribution is -2.58. The highest BCUT2D eigenvalue weighted by atomic mass is 16.6. The number of amides is 1. The number of hydrogen-bond donors (Lipinski definition) is 2. The molecular weight excluding hydrogens is 258 g/mol. The quantitative estimate of drug-likeness (QED) is 0.817. The predicted octanol–water partition coefficient (Wildman–Crippen LogP) is 3.18. The summed E-state index contributed by atoms with van der Waals surface area (Å²) >= 11 is 0. The molecule has 1 fully saturated rings. The van der Waals surface area contributed by atoms with E-state index in [1.165, 1.54) is 0 Å². The average Bonchev–Trinajstić information content (AvgIpc) is 2.37. The van der Waals surface area contributed by atoms with Gasteiger partial charge in [-0.15, -0.1) is 0 Å². The third-order valence-corrected chi connectivity index (χ3v) is 5.13. The number of ether oxygens (including phenoxy) is 1. The Bertz CT molecular complexity index is 424. The molecule has 1 saturated carbocycles. The van der Waals surface area contributed by atoms with Crippen LogP contribution >= 0.6 is 0 Å². The van der Waals surface area contributed by atoms with Gasteiger partial charge in [-0.1, -0.05) is 13.8 Å². The van der Waals surface area contributed by atoms with E-state index in [0.717, 1.165) is 0 Å². The van der Waals surface area contributed by atoms with Crippen LogP contribution in [0.25, 0.3) is 0 Å². The molecule has 0 aromatic rings. The van der Waals surface area contributed by atoms with Crippen LogP contribution in [0.5, 0.6) is 0 Å². The van der Waals surface area contributed by atoms with E-state index in [1.54, 1.807) is 27.7 Å². The van der Waals surface area contributed by atoms with Crippen molar-refractivity contribution in [3.8, 4) is 0 Å². The van der Waals surface area contributed by atoms with Crippen molar-refractivity contribution in [3.63, 3.8) is 0 Å². The minimum Gasteiger partial charge on any atom is -0.481 e. The number of rotatable bonds is 2. The Morgan fingerprint density at radius 3 is 1.95 bits per heavy atom. The van der Waals surface area contributed by atoms with Crippen molar-refractivity contribution in [3.05, 3.63) is 0 Å². The molecule has 0 aromatic carbocycles. The highest BCUT2D eigenvalue weighted by molar-refractivity contribution is 5.77. The molecule has 0 spiro atoms. The van der Waals surface area contributed by atoms with Crippen LogP contribution in [0.3, 0.4) is 0 Å². The Morgan fingerprint density at radius 2 is 1.60 bits per heavy atom. The highest BCUT2D eigenvalue weighted by Crippen LogP contribution is 2.58. The molecule has 0 heterocycles. The lowest BCUT2D eigenvalue weighted by Gasteiger charge is -2.45.